The van der Waals surface area contributed by atoms with Gasteiger partial charge in [0, 0.05) is 5.56 Å². The molecule has 0 bridgehead atoms. The van der Waals surface area contributed by atoms with Gasteiger partial charge in [0.15, 0.2) is 16.6 Å². The number of benzene rings is 1. The summed E-state index contributed by atoms with van der Waals surface area (Å²) in [6.07, 6.45) is 0. The highest BCUT2D eigenvalue weighted by molar-refractivity contribution is 6.23. The summed E-state index contributed by atoms with van der Waals surface area (Å²) in [5.41, 5.74) is 2.50. The van der Waals surface area contributed by atoms with E-state index < -0.39 is 28.4 Å². The van der Waals surface area contributed by atoms with E-state index in [1.165, 1.54) is 19.2 Å². The number of amides is 1. The molecule has 0 aromatic heterocycles. The zero-order valence-electron chi connectivity index (χ0n) is 11.5. The maximum absolute atomic E-state index is 12.6. The second-order valence-corrected chi connectivity index (χ2v) is 5.17. The number of hydrogen-bond acceptors (Lipinski definition) is 6. The van der Waals surface area contributed by atoms with Crippen molar-refractivity contribution in [2.75, 3.05) is 7.11 Å². The molecule has 1 aliphatic carbocycles. The predicted molar refractivity (Wildman–Crippen MR) is 73.5 cm³/mol. The third kappa shape index (κ3) is 1.26. The Labute approximate surface area is 125 Å². The minimum atomic E-state index is -1.79. The molecule has 7 heteroatoms. The fraction of sp³-hybridized carbons (Fsp3) is 0.267. The lowest BCUT2D eigenvalue weighted by molar-refractivity contribution is -0.121. The second kappa shape index (κ2) is 4.15. The fourth-order valence-corrected chi connectivity index (χ4v) is 3.13. The minimum absolute atomic E-state index is 0.256. The van der Waals surface area contributed by atoms with Crippen LogP contribution in [0.15, 0.2) is 29.3 Å². The van der Waals surface area contributed by atoms with Gasteiger partial charge in [0.1, 0.15) is 11.6 Å². The second-order valence-electron chi connectivity index (χ2n) is 5.17. The average Bonchev–Trinajstić information content (AvgIpc) is 3.12. The van der Waals surface area contributed by atoms with Gasteiger partial charge in [-0.15, -0.1) is 0 Å². The van der Waals surface area contributed by atoms with Crippen LogP contribution < -0.4 is 10.5 Å². The van der Waals surface area contributed by atoms with E-state index in [2.05, 4.69) is 4.99 Å². The van der Waals surface area contributed by atoms with Crippen LogP contribution in [0.3, 0.4) is 0 Å². The van der Waals surface area contributed by atoms with Gasteiger partial charge in [-0.05, 0) is 24.3 Å². The molecule has 2 aliphatic rings. The summed E-state index contributed by atoms with van der Waals surface area (Å²) in [7, 11) is 1.49. The molecule has 1 fully saturated rings. The van der Waals surface area contributed by atoms with Crippen molar-refractivity contribution < 1.29 is 14.3 Å². The van der Waals surface area contributed by atoms with E-state index in [-0.39, 0.29) is 11.4 Å². The first-order valence-corrected chi connectivity index (χ1v) is 6.39. The third-order valence-corrected chi connectivity index (χ3v) is 4.36. The Balaban J connectivity index is 2.05. The first-order chi connectivity index (χ1) is 10.5. The zero-order valence-corrected chi connectivity index (χ0v) is 11.5. The number of nitrogens with zero attached hydrogens (tertiary/aromatic N) is 3. The molecule has 1 aromatic carbocycles. The molecule has 7 nitrogen and oxygen atoms in total. The van der Waals surface area contributed by atoms with Crippen molar-refractivity contribution >= 4 is 17.5 Å². The highest BCUT2D eigenvalue weighted by Crippen LogP contribution is 2.72. The topological polar surface area (TPSA) is 129 Å². The largest absolute Gasteiger partial charge is 0.497 e. The van der Waals surface area contributed by atoms with Crippen molar-refractivity contribution in [3.05, 3.63) is 29.8 Å². The first kappa shape index (κ1) is 13.8. The molecule has 1 heterocycles. The van der Waals surface area contributed by atoms with Gasteiger partial charge < -0.3 is 10.5 Å². The molecule has 1 amide bonds. The van der Waals surface area contributed by atoms with Crippen LogP contribution in [0, 0.1) is 39.4 Å². The van der Waals surface area contributed by atoms with E-state index >= 15 is 0 Å². The van der Waals surface area contributed by atoms with Crippen molar-refractivity contribution in [3.63, 3.8) is 0 Å². The number of nitrogens with two attached hydrogens (primary N) is 1. The van der Waals surface area contributed by atoms with Crippen LogP contribution in [-0.2, 0) is 4.79 Å². The van der Waals surface area contributed by atoms with Crippen molar-refractivity contribution in [1.82, 2.24) is 0 Å². The molecule has 1 aromatic rings. The molecule has 22 heavy (non-hydrogen) atoms. The van der Waals surface area contributed by atoms with E-state index in [1.54, 1.807) is 18.2 Å². The summed E-state index contributed by atoms with van der Waals surface area (Å²) in [5, 5.41) is 18.8. The number of nitriles is 2. The Morgan fingerprint density at radius 1 is 1.27 bits per heavy atom. The lowest BCUT2D eigenvalue weighted by atomic mass is 9.97. The zero-order chi connectivity index (χ0) is 16.1. The Hall–Kier alpha value is -3.19. The van der Waals surface area contributed by atoms with Crippen LogP contribution in [-0.4, -0.2) is 24.6 Å². The number of fused-ring (bicyclic) bond motifs is 1. The third-order valence-electron chi connectivity index (χ3n) is 4.36. The number of aliphatic imine (C=N–C) groups is 1. The molecular weight excluding hydrogens is 284 g/mol. The highest BCUT2D eigenvalue weighted by atomic mass is 16.5. The molecule has 0 radical (unpaired) electrons. The van der Waals surface area contributed by atoms with Gasteiger partial charge in [-0.25, -0.2) is 0 Å². The smallest absolute Gasteiger partial charge is 0.270 e. The SMILES string of the molecule is COc1ccc(C(=O)[C@@H]2[C@@]3(C#N)C(=O)N=C(N)[C@]23C#N)cc1. The number of ether oxygens (including phenoxy) is 1. The number of carbonyl (C=O) groups excluding carboxylic acids is 2. The summed E-state index contributed by atoms with van der Waals surface area (Å²) < 4.78 is 5.01. The number of methoxy groups -OCH3 is 1. The van der Waals surface area contributed by atoms with Gasteiger partial charge in [-0.3, -0.25) is 9.59 Å². The molecule has 2 N–H and O–H groups in total. The number of Topliss-reactive ketones (excluding diaryl/α,β-unsaturated/α-hetero) is 1. The van der Waals surface area contributed by atoms with Gasteiger partial charge in [-0.2, -0.15) is 15.5 Å². The molecule has 1 saturated carbocycles. The molecule has 3 rings (SSSR count). The van der Waals surface area contributed by atoms with E-state index in [1.807, 2.05) is 6.07 Å². The number of carbonyl (C=O) groups is 2. The molecule has 3 atom stereocenters. The van der Waals surface area contributed by atoms with E-state index in [4.69, 9.17) is 10.5 Å². The summed E-state index contributed by atoms with van der Waals surface area (Å²) in [6, 6.07) is 9.87. The summed E-state index contributed by atoms with van der Waals surface area (Å²) in [5.74, 6) is -2.10. The maximum Gasteiger partial charge on any atom is 0.270 e. The van der Waals surface area contributed by atoms with Crippen molar-refractivity contribution in [3.8, 4) is 17.9 Å². The highest BCUT2D eigenvalue weighted by Gasteiger charge is 2.90. The van der Waals surface area contributed by atoms with E-state index in [9.17, 15) is 20.1 Å². The van der Waals surface area contributed by atoms with Crippen molar-refractivity contribution in [2.24, 2.45) is 27.5 Å². The molecule has 0 saturated heterocycles. The number of ketones is 1. The average molecular weight is 294 g/mol. The van der Waals surface area contributed by atoms with Crippen LogP contribution in [0.1, 0.15) is 10.4 Å². The standard InChI is InChI=1S/C15H10N4O3/c1-22-9-4-2-8(3-5-9)10(20)11-14(6-16)12(18)19-13(21)15(11,14)7-17/h2-5,11H,1H3,(H2,18,19,21)/t11-,14-,15-/m0/s1. The Kier molecular flexibility index (Phi) is 2.60. The quantitative estimate of drug-likeness (QED) is 0.804. The molecule has 0 unspecified atom stereocenters. The number of hydrogen-bond donors (Lipinski definition) is 1. The Morgan fingerprint density at radius 2 is 1.86 bits per heavy atom. The summed E-state index contributed by atoms with van der Waals surface area (Å²) in [4.78, 5) is 28.1. The normalized spacial score (nSPS) is 31.5. The van der Waals surface area contributed by atoms with E-state index in [0.717, 1.165) is 0 Å². The number of rotatable bonds is 3. The van der Waals surface area contributed by atoms with Crippen molar-refractivity contribution in [2.45, 2.75) is 0 Å². The van der Waals surface area contributed by atoms with Gasteiger partial charge in [-0.1, -0.05) is 0 Å². The fourth-order valence-electron chi connectivity index (χ4n) is 3.13. The van der Waals surface area contributed by atoms with Gasteiger partial charge in [0.25, 0.3) is 5.91 Å². The van der Waals surface area contributed by atoms with Crippen LogP contribution in [0.2, 0.25) is 0 Å². The molecule has 1 aliphatic heterocycles. The molecule has 0 spiro atoms. The van der Waals surface area contributed by atoms with Gasteiger partial charge in [0.05, 0.1) is 25.2 Å². The first-order valence-electron chi connectivity index (χ1n) is 6.39. The monoisotopic (exact) mass is 294 g/mol. The lowest BCUT2D eigenvalue weighted by Crippen LogP contribution is -2.27. The van der Waals surface area contributed by atoms with Crippen LogP contribution in [0.4, 0.5) is 0 Å². The predicted octanol–water partition coefficient (Wildman–Crippen LogP) is 0.425. The summed E-state index contributed by atoms with van der Waals surface area (Å²) in [6.45, 7) is 0. The van der Waals surface area contributed by atoms with Crippen LogP contribution in [0.5, 0.6) is 5.75 Å². The Morgan fingerprint density at radius 3 is 2.32 bits per heavy atom. The number of amidine groups is 1. The maximum atomic E-state index is 12.6. The van der Waals surface area contributed by atoms with Crippen molar-refractivity contribution in [1.29, 1.82) is 10.5 Å². The van der Waals surface area contributed by atoms with Crippen LogP contribution in [0.25, 0.3) is 0 Å². The summed E-state index contributed by atoms with van der Waals surface area (Å²) >= 11 is 0. The van der Waals surface area contributed by atoms with E-state index in [0.29, 0.717) is 5.75 Å². The van der Waals surface area contributed by atoms with Gasteiger partial charge in [0.2, 0.25) is 0 Å². The molecular formula is C15H10N4O3. The van der Waals surface area contributed by atoms with Gasteiger partial charge >= 0.3 is 0 Å². The van der Waals surface area contributed by atoms with Crippen LogP contribution >= 0.6 is 0 Å². The molecule has 108 valence electrons. The lowest BCUT2D eigenvalue weighted by Gasteiger charge is -2.06. The Bertz CT molecular complexity index is 815. The minimum Gasteiger partial charge on any atom is -0.497 e.